The second-order valence-electron chi connectivity index (χ2n) is 6.91. The van der Waals surface area contributed by atoms with E-state index in [1.807, 2.05) is 0 Å². The molecule has 0 bridgehead atoms. The molecule has 2 atom stereocenters. The van der Waals surface area contributed by atoms with E-state index in [0.717, 1.165) is 12.2 Å². The molecule has 0 aliphatic heterocycles. The molecule has 0 aromatic heterocycles. The Morgan fingerprint density at radius 1 is 0.743 bits per heavy atom. The van der Waals surface area contributed by atoms with Gasteiger partial charge in [-0.15, -0.1) is 0 Å². The monoisotopic (exact) mass is 506 g/mol. The van der Waals surface area contributed by atoms with Gasteiger partial charge in [0, 0.05) is 25.0 Å². The van der Waals surface area contributed by atoms with Crippen molar-refractivity contribution in [2.75, 3.05) is 13.2 Å². The molecule has 0 radical (unpaired) electrons. The highest BCUT2D eigenvalue weighted by Crippen LogP contribution is 2.25. The fraction of sp³-hybridized carbons (Fsp3) is 0.250. The Morgan fingerprint density at radius 2 is 1.09 bits per heavy atom. The molecular weight excluding hydrogens is 480 g/mol. The van der Waals surface area contributed by atoms with Gasteiger partial charge in [-0.3, -0.25) is 0 Å². The maximum Gasteiger partial charge on any atom is 0.332 e. The van der Waals surface area contributed by atoms with Crippen molar-refractivity contribution in [1.82, 2.24) is 0 Å². The van der Waals surface area contributed by atoms with Crippen LogP contribution in [0.5, 0.6) is 11.5 Å². The second kappa shape index (κ2) is 13.3. The molecule has 0 fully saturated rings. The molecule has 0 saturated heterocycles. The van der Waals surface area contributed by atoms with Crippen molar-refractivity contribution in [2.45, 2.75) is 35.2 Å². The van der Waals surface area contributed by atoms with Crippen LogP contribution < -0.4 is 9.47 Å². The van der Waals surface area contributed by atoms with E-state index in [2.05, 4.69) is 22.6 Å². The normalized spacial score (nSPS) is 12.6. The van der Waals surface area contributed by atoms with Gasteiger partial charge in [-0.05, 0) is 48.5 Å². The first-order valence-corrected chi connectivity index (χ1v) is 11.9. The molecule has 0 aliphatic carbocycles. The summed E-state index contributed by atoms with van der Waals surface area (Å²) in [6.45, 7) is 6.52. The number of ether oxygens (including phenoxy) is 4. The van der Waals surface area contributed by atoms with Crippen LogP contribution in [0.4, 0.5) is 0 Å². The minimum absolute atomic E-state index is 0.0208. The molecule has 2 rings (SSSR count). The first-order chi connectivity index (χ1) is 16.6. The fourth-order valence-electron chi connectivity index (χ4n) is 2.60. The highest BCUT2D eigenvalue weighted by Gasteiger charge is 2.18. The number of sulfone groups is 1. The highest BCUT2D eigenvalue weighted by atomic mass is 32.2. The third kappa shape index (κ3) is 8.89. The Morgan fingerprint density at radius 3 is 1.40 bits per heavy atom. The lowest BCUT2D eigenvalue weighted by Gasteiger charge is -2.12. The van der Waals surface area contributed by atoms with Crippen molar-refractivity contribution < 1.29 is 47.2 Å². The van der Waals surface area contributed by atoms with Gasteiger partial charge in [0.1, 0.15) is 11.5 Å². The molecular formula is C24H26O10S. The summed E-state index contributed by atoms with van der Waals surface area (Å²) in [7, 11) is -3.80. The summed E-state index contributed by atoms with van der Waals surface area (Å²) < 4.78 is 45.8. The molecule has 0 heterocycles. The smallest absolute Gasteiger partial charge is 0.332 e. The van der Waals surface area contributed by atoms with Crippen molar-refractivity contribution in [3.63, 3.8) is 0 Å². The maximum atomic E-state index is 12.9. The van der Waals surface area contributed by atoms with E-state index in [0.29, 0.717) is 11.5 Å². The van der Waals surface area contributed by atoms with Gasteiger partial charge in [-0.2, -0.15) is 0 Å². The van der Waals surface area contributed by atoms with Gasteiger partial charge in [0.25, 0.3) is 0 Å². The SMILES string of the molecule is C=CC(=O)OC(O)CCOc1ccc(S(=O)(=O)c2ccc(OCCC(O)OC(=O)C=C)cc2)cc1. The van der Waals surface area contributed by atoms with E-state index in [4.69, 9.17) is 9.47 Å². The van der Waals surface area contributed by atoms with E-state index in [1.54, 1.807) is 0 Å². The predicted octanol–water partition coefficient (Wildman–Crippen LogP) is 2.15. The fourth-order valence-corrected chi connectivity index (χ4v) is 3.86. The predicted molar refractivity (Wildman–Crippen MR) is 123 cm³/mol. The Balaban J connectivity index is 1.88. The van der Waals surface area contributed by atoms with Gasteiger partial charge in [0.05, 0.1) is 23.0 Å². The van der Waals surface area contributed by atoms with Gasteiger partial charge in [0.15, 0.2) is 0 Å². The summed E-state index contributed by atoms with van der Waals surface area (Å²) >= 11 is 0. The van der Waals surface area contributed by atoms with Gasteiger partial charge in [-0.25, -0.2) is 18.0 Å². The number of carbonyl (C=O) groups excluding carboxylic acids is 2. The van der Waals surface area contributed by atoms with E-state index >= 15 is 0 Å². The molecule has 188 valence electrons. The van der Waals surface area contributed by atoms with Crippen molar-refractivity contribution in [1.29, 1.82) is 0 Å². The number of aliphatic hydroxyl groups is 2. The molecule has 11 heteroatoms. The first kappa shape index (κ1) is 27.6. The van der Waals surface area contributed by atoms with Crippen LogP contribution in [0, 0.1) is 0 Å². The summed E-state index contributed by atoms with van der Waals surface area (Å²) in [6.07, 6.45) is -0.776. The number of hydrogen-bond donors (Lipinski definition) is 2. The highest BCUT2D eigenvalue weighted by molar-refractivity contribution is 7.91. The molecule has 2 unspecified atom stereocenters. The minimum Gasteiger partial charge on any atom is -0.493 e. The quantitative estimate of drug-likeness (QED) is 0.222. The molecule has 0 amide bonds. The second-order valence-corrected chi connectivity index (χ2v) is 8.86. The summed E-state index contributed by atoms with van der Waals surface area (Å²) in [5.74, 6) is -0.763. The zero-order chi connectivity index (χ0) is 25.8. The van der Waals surface area contributed by atoms with Crippen LogP contribution in [-0.4, -0.2) is 56.4 Å². The molecule has 2 aromatic rings. The lowest BCUT2D eigenvalue weighted by molar-refractivity contribution is -0.164. The molecule has 2 N–H and O–H groups in total. The number of aliphatic hydroxyl groups excluding tert-OH is 2. The summed E-state index contributed by atoms with van der Waals surface area (Å²) in [6, 6.07) is 11.4. The summed E-state index contributed by atoms with van der Waals surface area (Å²) in [5.41, 5.74) is 0. The first-order valence-electron chi connectivity index (χ1n) is 10.4. The number of esters is 2. The van der Waals surface area contributed by atoms with Crippen molar-refractivity contribution in [3.05, 3.63) is 73.8 Å². The number of benzene rings is 2. The molecule has 0 spiro atoms. The summed E-state index contributed by atoms with van der Waals surface area (Å²) in [5, 5.41) is 19.1. The molecule has 10 nitrogen and oxygen atoms in total. The van der Waals surface area contributed by atoms with Crippen LogP contribution in [-0.2, 0) is 28.9 Å². The van der Waals surface area contributed by atoms with E-state index < -0.39 is 34.4 Å². The minimum atomic E-state index is -3.80. The zero-order valence-electron chi connectivity index (χ0n) is 18.7. The third-order valence-electron chi connectivity index (χ3n) is 4.37. The molecule has 0 aliphatic rings. The zero-order valence-corrected chi connectivity index (χ0v) is 19.6. The van der Waals surface area contributed by atoms with Crippen LogP contribution >= 0.6 is 0 Å². The Hall–Kier alpha value is -3.67. The van der Waals surface area contributed by atoms with Crippen LogP contribution in [0.1, 0.15) is 12.8 Å². The van der Waals surface area contributed by atoms with Gasteiger partial charge >= 0.3 is 11.9 Å². The maximum absolute atomic E-state index is 12.9. The molecule has 0 saturated carbocycles. The lowest BCUT2D eigenvalue weighted by Crippen LogP contribution is -2.18. The molecule has 2 aromatic carbocycles. The number of hydrogen-bond acceptors (Lipinski definition) is 10. The Kier molecular flexibility index (Phi) is 10.5. The van der Waals surface area contributed by atoms with Crippen LogP contribution in [0.15, 0.2) is 83.6 Å². The van der Waals surface area contributed by atoms with E-state index in [-0.39, 0.29) is 35.8 Å². The van der Waals surface area contributed by atoms with Crippen LogP contribution in [0.2, 0.25) is 0 Å². The van der Waals surface area contributed by atoms with Crippen LogP contribution in [0.3, 0.4) is 0 Å². The van der Waals surface area contributed by atoms with Gasteiger partial charge in [0.2, 0.25) is 22.4 Å². The van der Waals surface area contributed by atoms with Crippen molar-refractivity contribution in [2.24, 2.45) is 0 Å². The van der Waals surface area contributed by atoms with Gasteiger partial charge in [-0.1, -0.05) is 13.2 Å². The van der Waals surface area contributed by atoms with Crippen LogP contribution in [0.25, 0.3) is 0 Å². The average Bonchev–Trinajstić information content (AvgIpc) is 2.84. The van der Waals surface area contributed by atoms with E-state index in [9.17, 15) is 28.2 Å². The van der Waals surface area contributed by atoms with Crippen molar-refractivity contribution >= 4 is 21.8 Å². The molecule has 35 heavy (non-hydrogen) atoms. The third-order valence-corrected chi connectivity index (χ3v) is 6.16. The largest absolute Gasteiger partial charge is 0.493 e. The Labute approximate surface area is 202 Å². The topological polar surface area (TPSA) is 146 Å². The number of carbonyl (C=O) groups is 2. The lowest BCUT2D eigenvalue weighted by atomic mass is 10.3. The number of rotatable bonds is 14. The standard InChI is InChI=1S/C24H26O10S/c1-3-21(25)33-23(27)13-15-31-17-5-9-19(10-6-17)35(29,30)20-11-7-18(8-12-20)32-16-14-24(28)34-22(26)4-2/h3-12,23-24,27-28H,1-2,13-16H2. The summed E-state index contributed by atoms with van der Waals surface area (Å²) in [4.78, 5) is 22.1. The van der Waals surface area contributed by atoms with Gasteiger partial charge < -0.3 is 29.2 Å². The average molecular weight is 507 g/mol. The van der Waals surface area contributed by atoms with Crippen molar-refractivity contribution in [3.8, 4) is 11.5 Å². The Bertz CT molecular complexity index is 1020. The van der Waals surface area contributed by atoms with E-state index in [1.165, 1.54) is 48.5 Å².